The monoisotopic (exact) mass is 388 g/mol. The molecule has 0 bridgehead atoms. The molecule has 0 radical (unpaired) electrons. The largest absolute Gasteiger partial charge is 0.491 e. The predicted molar refractivity (Wildman–Crippen MR) is 90.8 cm³/mol. The third-order valence-corrected chi connectivity index (χ3v) is 4.18. The van der Waals surface area contributed by atoms with Gasteiger partial charge < -0.3 is 4.74 Å². The molecule has 0 aromatic heterocycles. The van der Waals surface area contributed by atoms with Gasteiger partial charge in [0.15, 0.2) is 0 Å². The minimum absolute atomic E-state index is 0.775. The predicted octanol–water partition coefficient (Wildman–Crippen LogP) is 6.59. The zero-order chi connectivity index (χ0) is 14.1. The van der Waals surface area contributed by atoms with E-state index in [-0.39, 0.29) is 0 Å². The maximum absolute atomic E-state index is 5.85. The number of rotatable bonds is 9. The van der Waals surface area contributed by atoms with Crippen LogP contribution >= 0.6 is 31.9 Å². The van der Waals surface area contributed by atoms with Crippen LogP contribution in [0, 0.1) is 0 Å². The second kappa shape index (κ2) is 9.60. The van der Waals surface area contributed by atoms with Gasteiger partial charge in [-0.1, -0.05) is 51.7 Å². The lowest BCUT2D eigenvalue weighted by Gasteiger charge is -2.11. The summed E-state index contributed by atoms with van der Waals surface area (Å²) in [5, 5.41) is 0. The van der Waals surface area contributed by atoms with Crippen molar-refractivity contribution in [3.63, 3.8) is 0 Å². The molecule has 0 fully saturated rings. The van der Waals surface area contributed by atoms with Crippen molar-refractivity contribution in [2.45, 2.75) is 45.4 Å². The van der Waals surface area contributed by atoms with Crippen molar-refractivity contribution in [3.8, 4) is 5.75 Å². The Morgan fingerprint density at radius 3 is 2.21 bits per heavy atom. The molecule has 0 aliphatic carbocycles. The van der Waals surface area contributed by atoms with Crippen molar-refractivity contribution in [2.24, 2.45) is 0 Å². The minimum Gasteiger partial charge on any atom is -0.491 e. The Bertz CT molecular complexity index is 379. The highest BCUT2D eigenvalue weighted by Gasteiger charge is 2.07. The molecule has 1 rings (SSSR count). The molecule has 0 amide bonds. The third kappa shape index (κ3) is 6.13. The lowest BCUT2D eigenvalue weighted by molar-refractivity contribution is 0.301. The summed E-state index contributed by atoms with van der Waals surface area (Å²) in [6, 6.07) is 4.04. The summed E-state index contributed by atoms with van der Waals surface area (Å²) < 4.78 is 7.80. The summed E-state index contributed by atoms with van der Waals surface area (Å²) in [5.74, 6) is 0.888. The van der Waals surface area contributed by atoms with Crippen LogP contribution in [0.4, 0.5) is 0 Å². The van der Waals surface area contributed by atoms with Crippen LogP contribution in [0.15, 0.2) is 27.7 Å². The Labute approximate surface area is 133 Å². The van der Waals surface area contributed by atoms with Gasteiger partial charge in [-0.25, -0.2) is 0 Å². The van der Waals surface area contributed by atoms with Gasteiger partial charge in [0.05, 0.1) is 15.6 Å². The highest BCUT2D eigenvalue weighted by molar-refractivity contribution is 9.11. The lowest BCUT2D eigenvalue weighted by atomic mass is 10.1. The number of benzene rings is 1. The van der Waals surface area contributed by atoms with Crippen LogP contribution < -0.4 is 4.74 Å². The summed E-state index contributed by atoms with van der Waals surface area (Å²) in [6.45, 7) is 6.79. The quantitative estimate of drug-likeness (QED) is 0.432. The van der Waals surface area contributed by atoms with Gasteiger partial charge in [-0.05, 0) is 56.0 Å². The van der Waals surface area contributed by atoms with E-state index in [0.717, 1.165) is 33.3 Å². The molecular formula is C16H22Br2O. The van der Waals surface area contributed by atoms with Crippen molar-refractivity contribution in [3.05, 3.63) is 33.2 Å². The first kappa shape index (κ1) is 16.8. The smallest absolute Gasteiger partial charge is 0.147 e. The fourth-order valence-electron chi connectivity index (χ4n) is 1.89. The molecule has 0 aliphatic rings. The average molecular weight is 390 g/mol. The van der Waals surface area contributed by atoms with Crippen LogP contribution in [-0.2, 0) is 0 Å². The summed E-state index contributed by atoms with van der Waals surface area (Å²) in [5.41, 5.74) is 1.07. The Morgan fingerprint density at radius 1 is 1.05 bits per heavy atom. The molecule has 1 aromatic rings. The first-order chi connectivity index (χ1) is 9.19. The van der Waals surface area contributed by atoms with E-state index in [1.807, 2.05) is 18.2 Å². The van der Waals surface area contributed by atoms with Crippen LogP contribution in [0.3, 0.4) is 0 Å². The van der Waals surface area contributed by atoms with Gasteiger partial charge in [0.1, 0.15) is 5.75 Å². The van der Waals surface area contributed by atoms with E-state index < -0.39 is 0 Å². The van der Waals surface area contributed by atoms with Crippen LogP contribution in [0.5, 0.6) is 5.75 Å². The molecule has 3 heteroatoms. The fourth-order valence-corrected chi connectivity index (χ4v) is 3.34. The van der Waals surface area contributed by atoms with Crippen molar-refractivity contribution >= 4 is 37.9 Å². The standard InChI is InChI=1S/C16H22Br2O/c1-3-5-6-7-8-9-10-19-16-14(17)11-13(4-2)12-15(16)18/h4,11-12H,2-3,5-10H2,1H3. The average Bonchev–Trinajstić information content (AvgIpc) is 2.40. The first-order valence-corrected chi connectivity index (χ1v) is 8.52. The second-order valence-corrected chi connectivity index (χ2v) is 6.34. The molecular weight excluding hydrogens is 368 g/mol. The first-order valence-electron chi connectivity index (χ1n) is 6.93. The van der Waals surface area contributed by atoms with Crippen molar-refractivity contribution in [1.82, 2.24) is 0 Å². The van der Waals surface area contributed by atoms with Crippen LogP contribution in [0.2, 0.25) is 0 Å². The Hall–Kier alpha value is -0.280. The lowest BCUT2D eigenvalue weighted by Crippen LogP contribution is -1.99. The van der Waals surface area contributed by atoms with Gasteiger partial charge in [-0.15, -0.1) is 0 Å². The van der Waals surface area contributed by atoms with Gasteiger partial charge >= 0.3 is 0 Å². The number of unbranched alkanes of at least 4 members (excludes halogenated alkanes) is 5. The van der Waals surface area contributed by atoms with E-state index >= 15 is 0 Å². The molecule has 0 unspecified atom stereocenters. The molecule has 106 valence electrons. The summed E-state index contributed by atoms with van der Waals surface area (Å²) >= 11 is 7.08. The maximum atomic E-state index is 5.85. The third-order valence-electron chi connectivity index (χ3n) is 3.00. The highest BCUT2D eigenvalue weighted by Crippen LogP contribution is 2.35. The molecule has 0 N–H and O–H groups in total. The van der Waals surface area contributed by atoms with E-state index in [4.69, 9.17) is 4.74 Å². The number of ether oxygens (including phenoxy) is 1. The molecule has 0 atom stereocenters. The molecule has 0 aliphatic heterocycles. The van der Waals surface area contributed by atoms with E-state index in [0.29, 0.717) is 0 Å². The summed E-state index contributed by atoms with van der Waals surface area (Å²) in [6.07, 6.45) is 9.50. The number of hydrogen-bond acceptors (Lipinski definition) is 1. The van der Waals surface area contributed by atoms with Gasteiger partial charge in [-0.2, -0.15) is 0 Å². The maximum Gasteiger partial charge on any atom is 0.147 e. The van der Waals surface area contributed by atoms with Gasteiger partial charge in [-0.3, -0.25) is 0 Å². The minimum atomic E-state index is 0.775. The topological polar surface area (TPSA) is 9.23 Å². The summed E-state index contributed by atoms with van der Waals surface area (Å²) in [4.78, 5) is 0. The second-order valence-electron chi connectivity index (χ2n) is 4.63. The van der Waals surface area contributed by atoms with Crippen molar-refractivity contribution < 1.29 is 4.74 Å². The Balaban J connectivity index is 2.35. The molecule has 1 aromatic carbocycles. The van der Waals surface area contributed by atoms with Crippen molar-refractivity contribution in [2.75, 3.05) is 6.61 Å². The van der Waals surface area contributed by atoms with Gasteiger partial charge in [0.2, 0.25) is 0 Å². The fraction of sp³-hybridized carbons (Fsp3) is 0.500. The number of halogens is 2. The van der Waals surface area contributed by atoms with Crippen LogP contribution in [-0.4, -0.2) is 6.61 Å². The van der Waals surface area contributed by atoms with Gasteiger partial charge in [0.25, 0.3) is 0 Å². The Kier molecular flexibility index (Phi) is 8.47. The Morgan fingerprint density at radius 2 is 1.63 bits per heavy atom. The molecule has 19 heavy (non-hydrogen) atoms. The SMILES string of the molecule is C=Cc1cc(Br)c(OCCCCCCCC)c(Br)c1. The normalized spacial score (nSPS) is 10.5. The molecule has 0 spiro atoms. The molecule has 1 nitrogen and oxygen atoms in total. The number of hydrogen-bond donors (Lipinski definition) is 0. The highest BCUT2D eigenvalue weighted by atomic mass is 79.9. The van der Waals surface area contributed by atoms with Crippen LogP contribution in [0.1, 0.15) is 51.0 Å². The van der Waals surface area contributed by atoms with E-state index in [2.05, 4.69) is 45.4 Å². The zero-order valence-corrected chi connectivity index (χ0v) is 14.7. The molecule has 0 saturated heterocycles. The zero-order valence-electron chi connectivity index (χ0n) is 11.6. The molecule has 0 saturated carbocycles. The van der Waals surface area contributed by atoms with E-state index in [1.165, 1.54) is 32.1 Å². The summed E-state index contributed by atoms with van der Waals surface area (Å²) in [7, 11) is 0. The molecule has 0 heterocycles. The van der Waals surface area contributed by atoms with E-state index in [9.17, 15) is 0 Å². The van der Waals surface area contributed by atoms with E-state index in [1.54, 1.807) is 0 Å². The van der Waals surface area contributed by atoms with Gasteiger partial charge in [0, 0.05) is 0 Å². The van der Waals surface area contributed by atoms with Crippen LogP contribution in [0.25, 0.3) is 6.08 Å². The van der Waals surface area contributed by atoms with Crippen molar-refractivity contribution in [1.29, 1.82) is 0 Å².